The van der Waals surface area contributed by atoms with Crippen LogP contribution in [0.25, 0.3) is 0 Å². The Morgan fingerprint density at radius 3 is 1.26 bits per heavy atom. The van der Waals surface area contributed by atoms with E-state index >= 15 is 0 Å². The van der Waals surface area contributed by atoms with Crippen LogP contribution in [-0.2, 0) is 10.8 Å². The molecule has 0 aliphatic carbocycles. The van der Waals surface area contributed by atoms with E-state index in [0.29, 0.717) is 0 Å². The average Bonchev–Trinajstić information content (AvgIpc) is 2.41. The van der Waals surface area contributed by atoms with Crippen molar-refractivity contribution in [2.24, 2.45) is 0 Å². The molecule has 2 aromatic rings. The zero-order valence-corrected chi connectivity index (χ0v) is 16.7. The van der Waals surface area contributed by atoms with Gasteiger partial charge in [0.2, 0.25) is 0 Å². The number of aryl methyl sites for hydroxylation is 2. The van der Waals surface area contributed by atoms with Crippen LogP contribution in [0.5, 0.6) is 0 Å². The predicted molar refractivity (Wildman–Crippen MR) is 104 cm³/mol. The van der Waals surface area contributed by atoms with Gasteiger partial charge >= 0.3 is 0 Å². The lowest BCUT2D eigenvalue weighted by Gasteiger charge is -2.22. The normalized spacial score (nSPS) is 12.5. The monoisotopic (exact) mass is 326 g/mol. The third kappa shape index (κ3) is 4.41. The summed E-state index contributed by atoms with van der Waals surface area (Å²) in [5.74, 6) is 0. The van der Waals surface area contributed by atoms with E-state index < -0.39 is 0 Å². The van der Waals surface area contributed by atoms with Gasteiger partial charge in [0.1, 0.15) is 0 Å². The molecule has 0 aromatic heterocycles. The zero-order chi connectivity index (χ0) is 17.4. The smallest absolute Gasteiger partial charge is 0.0154 e. The first-order chi connectivity index (χ1) is 10.5. The molecule has 0 fully saturated rings. The van der Waals surface area contributed by atoms with Gasteiger partial charge in [-0.1, -0.05) is 77.6 Å². The molecule has 0 nitrogen and oxygen atoms in total. The van der Waals surface area contributed by atoms with Crippen LogP contribution in [0, 0.1) is 13.8 Å². The van der Waals surface area contributed by atoms with E-state index in [2.05, 4.69) is 91.8 Å². The van der Waals surface area contributed by atoms with Crippen molar-refractivity contribution in [1.29, 1.82) is 0 Å². The fourth-order valence-electron chi connectivity index (χ4n) is 2.47. The Hall–Kier alpha value is -1.21. The summed E-state index contributed by atoms with van der Waals surface area (Å²) in [4.78, 5) is 2.73. The summed E-state index contributed by atoms with van der Waals surface area (Å²) in [5.41, 5.74) is 5.87. The Balaban J connectivity index is 2.43. The summed E-state index contributed by atoms with van der Waals surface area (Å²) in [6, 6.07) is 13.8. The summed E-state index contributed by atoms with van der Waals surface area (Å²) in [6.07, 6.45) is 0. The number of rotatable bonds is 2. The molecule has 1 heteroatoms. The van der Waals surface area contributed by atoms with Gasteiger partial charge < -0.3 is 0 Å². The standard InChI is InChI=1S/C22H30S/c1-15-9-11-17(21(3,4)5)13-19(15)23-20-14-18(22(6,7)8)12-10-16(20)2/h9-14H,1-8H3. The predicted octanol–water partition coefficient (Wildman–Crippen LogP) is 7.05. The summed E-state index contributed by atoms with van der Waals surface area (Å²) in [6.45, 7) is 18.1. The molecule has 0 saturated carbocycles. The second-order valence-corrected chi connectivity index (χ2v) is 9.65. The topological polar surface area (TPSA) is 0 Å². The highest BCUT2D eigenvalue weighted by Crippen LogP contribution is 2.37. The Morgan fingerprint density at radius 1 is 0.609 bits per heavy atom. The quantitative estimate of drug-likeness (QED) is 0.569. The van der Waals surface area contributed by atoms with Gasteiger partial charge in [0.25, 0.3) is 0 Å². The van der Waals surface area contributed by atoms with Crippen LogP contribution >= 0.6 is 11.8 Å². The van der Waals surface area contributed by atoms with Gasteiger partial charge in [-0.15, -0.1) is 0 Å². The molecule has 0 heterocycles. The maximum atomic E-state index is 2.36. The number of hydrogen-bond acceptors (Lipinski definition) is 1. The van der Waals surface area contributed by atoms with Crippen LogP contribution in [0.3, 0.4) is 0 Å². The first-order valence-electron chi connectivity index (χ1n) is 8.38. The molecule has 2 rings (SSSR count). The van der Waals surface area contributed by atoms with E-state index in [0.717, 1.165) is 0 Å². The average molecular weight is 327 g/mol. The van der Waals surface area contributed by atoms with E-state index in [1.54, 1.807) is 0 Å². The molecule has 0 aliphatic rings. The molecular weight excluding hydrogens is 296 g/mol. The van der Waals surface area contributed by atoms with E-state index in [9.17, 15) is 0 Å². The van der Waals surface area contributed by atoms with Crippen molar-refractivity contribution >= 4 is 11.8 Å². The van der Waals surface area contributed by atoms with Crippen molar-refractivity contribution in [3.05, 3.63) is 58.7 Å². The van der Waals surface area contributed by atoms with E-state index in [4.69, 9.17) is 0 Å². The third-order valence-corrected chi connectivity index (χ3v) is 5.65. The van der Waals surface area contributed by atoms with E-state index in [1.165, 1.54) is 32.0 Å². The SMILES string of the molecule is Cc1ccc(C(C)(C)C)cc1Sc1cc(C(C)(C)C)ccc1C. The summed E-state index contributed by atoms with van der Waals surface area (Å²) in [5, 5.41) is 0. The second-order valence-electron chi connectivity index (χ2n) is 8.56. The lowest BCUT2D eigenvalue weighted by molar-refractivity contribution is 0.588. The molecule has 0 unspecified atom stereocenters. The van der Waals surface area contributed by atoms with Crippen LogP contribution in [0.2, 0.25) is 0 Å². The molecular formula is C22H30S. The zero-order valence-electron chi connectivity index (χ0n) is 15.9. The molecule has 0 radical (unpaired) electrons. The largest absolute Gasteiger partial charge is 0.0895 e. The number of hydrogen-bond donors (Lipinski definition) is 0. The highest BCUT2D eigenvalue weighted by Gasteiger charge is 2.17. The van der Waals surface area contributed by atoms with Crippen molar-refractivity contribution in [2.75, 3.05) is 0 Å². The summed E-state index contributed by atoms with van der Waals surface area (Å²) < 4.78 is 0. The first-order valence-corrected chi connectivity index (χ1v) is 9.20. The van der Waals surface area contributed by atoms with Crippen molar-refractivity contribution in [3.63, 3.8) is 0 Å². The summed E-state index contributed by atoms with van der Waals surface area (Å²) >= 11 is 1.90. The van der Waals surface area contributed by atoms with Crippen LogP contribution in [-0.4, -0.2) is 0 Å². The van der Waals surface area contributed by atoms with Gasteiger partial charge in [-0.25, -0.2) is 0 Å². The van der Waals surface area contributed by atoms with Crippen LogP contribution in [0.1, 0.15) is 63.8 Å². The minimum Gasteiger partial charge on any atom is -0.0895 e. The highest BCUT2D eigenvalue weighted by molar-refractivity contribution is 7.99. The van der Waals surface area contributed by atoms with Gasteiger partial charge in [-0.3, -0.25) is 0 Å². The molecule has 2 aromatic carbocycles. The lowest BCUT2D eigenvalue weighted by Crippen LogP contribution is -2.11. The third-order valence-electron chi connectivity index (χ3n) is 4.33. The van der Waals surface area contributed by atoms with Crippen molar-refractivity contribution in [2.45, 2.75) is 76.0 Å². The minimum atomic E-state index is 0.186. The molecule has 0 bridgehead atoms. The molecule has 0 N–H and O–H groups in total. The fraction of sp³-hybridized carbons (Fsp3) is 0.455. The molecule has 124 valence electrons. The second kappa shape index (κ2) is 6.36. The maximum absolute atomic E-state index is 2.36. The van der Waals surface area contributed by atoms with Crippen molar-refractivity contribution < 1.29 is 0 Å². The molecule has 0 spiro atoms. The molecule has 23 heavy (non-hydrogen) atoms. The van der Waals surface area contributed by atoms with Gasteiger partial charge in [0.05, 0.1) is 0 Å². The Kier molecular flexibility index (Phi) is 5.01. The molecule has 0 aliphatic heterocycles. The Morgan fingerprint density at radius 2 is 0.957 bits per heavy atom. The minimum absolute atomic E-state index is 0.186. The molecule has 0 saturated heterocycles. The van der Waals surface area contributed by atoms with Crippen LogP contribution < -0.4 is 0 Å². The fourth-order valence-corrected chi connectivity index (χ4v) is 3.54. The van der Waals surface area contributed by atoms with Gasteiger partial charge in [-0.2, -0.15) is 0 Å². The van der Waals surface area contributed by atoms with Gasteiger partial charge in [-0.05, 0) is 59.1 Å². The lowest BCUT2D eigenvalue weighted by atomic mass is 9.87. The van der Waals surface area contributed by atoms with Gasteiger partial charge in [0.15, 0.2) is 0 Å². The number of benzene rings is 2. The first kappa shape index (κ1) is 18.1. The van der Waals surface area contributed by atoms with Gasteiger partial charge in [0, 0.05) is 9.79 Å². The van der Waals surface area contributed by atoms with E-state index in [-0.39, 0.29) is 10.8 Å². The van der Waals surface area contributed by atoms with Crippen molar-refractivity contribution in [3.8, 4) is 0 Å². The Labute approximate surface area is 146 Å². The highest BCUT2D eigenvalue weighted by atomic mass is 32.2. The van der Waals surface area contributed by atoms with Crippen LogP contribution in [0.4, 0.5) is 0 Å². The van der Waals surface area contributed by atoms with Crippen LogP contribution in [0.15, 0.2) is 46.2 Å². The molecule has 0 atom stereocenters. The maximum Gasteiger partial charge on any atom is 0.0154 e. The summed E-state index contributed by atoms with van der Waals surface area (Å²) in [7, 11) is 0. The Bertz CT molecular complexity index is 635. The molecule has 0 amide bonds. The van der Waals surface area contributed by atoms with E-state index in [1.807, 2.05) is 11.8 Å². The van der Waals surface area contributed by atoms with Crippen molar-refractivity contribution in [1.82, 2.24) is 0 Å².